The van der Waals surface area contributed by atoms with Gasteiger partial charge in [-0.2, -0.15) is 5.10 Å². The zero-order chi connectivity index (χ0) is 20.3. The third kappa shape index (κ3) is 3.76. The van der Waals surface area contributed by atoms with Crippen molar-refractivity contribution in [2.24, 2.45) is 0 Å². The van der Waals surface area contributed by atoms with Crippen LogP contribution < -0.4 is 5.69 Å². The summed E-state index contributed by atoms with van der Waals surface area (Å²) in [5.41, 5.74) is 2.66. The maximum absolute atomic E-state index is 12.8. The summed E-state index contributed by atoms with van der Waals surface area (Å²) in [6.45, 7) is 6.47. The number of aromatic nitrogens is 3. The lowest BCUT2D eigenvalue weighted by atomic mass is 9.99. The summed E-state index contributed by atoms with van der Waals surface area (Å²) >= 11 is 0. The van der Waals surface area contributed by atoms with Crippen molar-refractivity contribution in [1.29, 1.82) is 0 Å². The zero-order valence-corrected chi connectivity index (χ0v) is 16.4. The highest BCUT2D eigenvalue weighted by atomic mass is 16.4. The second-order valence-electron chi connectivity index (χ2n) is 6.89. The molecule has 0 amide bonds. The van der Waals surface area contributed by atoms with Crippen molar-refractivity contribution in [1.82, 2.24) is 14.3 Å². The lowest BCUT2D eigenvalue weighted by Crippen LogP contribution is -2.27. The van der Waals surface area contributed by atoms with Gasteiger partial charge in [-0.25, -0.2) is 14.3 Å². The molecule has 1 atom stereocenters. The van der Waals surface area contributed by atoms with Gasteiger partial charge in [0.25, 0.3) is 0 Å². The van der Waals surface area contributed by atoms with Crippen molar-refractivity contribution in [3.63, 3.8) is 0 Å². The van der Waals surface area contributed by atoms with Crippen LogP contribution in [0.5, 0.6) is 0 Å². The molecule has 0 saturated heterocycles. The Morgan fingerprint density at radius 1 is 1.11 bits per heavy atom. The average molecular weight is 379 g/mol. The number of benzene rings is 2. The first kappa shape index (κ1) is 19.6. The molecule has 3 aromatic rings. The molecule has 0 fully saturated rings. The van der Waals surface area contributed by atoms with E-state index in [-0.39, 0.29) is 17.3 Å². The number of aryl methyl sites for hydroxylation is 1. The van der Waals surface area contributed by atoms with Crippen LogP contribution in [0, 0.1) is 0 Å². The molecule has 6 heteroatoms. The molecular weight excluding hydrogens is 354 g/mol. The van der Waals surface area contributed by atoms with E-state index in [2.05, 4.69) is 5.10 Å². The summed E-state index contributed by atoms with van der Waals surface area (Å²) in [6.07, 6.45) is 1.53. The van der Waals surface area contributed by atoms with Gasteiger partial charge in [0, 0.05) is 6.42 Å². The van der Waals surface area contributed by atoms with E-state index < -0.39 is 5.97 Å². The highest BCUT2D eigenvalue weighted by Gasteiger charge is 2.16. The number of hydrogen-bond donors (Lipinski definition) is 1. The van der Waals surface area contributed by atoms with E-state index in [4.69, 9.17) is 0 Å². The predicted octanol–water partition coefficient (Wildman–Crippen LogP) is 3.99. The van der Waals surface area contributed by atoms with Gasteiger partial charge in [0.2, 0.25) is 0 Å². The molecule has 1 heterocycles. The first-order chi connectivity index (χ1) is 13.5. The summed E-state index contributed by atoms with van der Waals surface area (Å²) in [7, 11) is 0. The van der Waals surface area contributed by atoms with E-state index in [0.29, 0.717) is 18.5 Å². The Morgan fingerprint density at radius 2 is 1.79 bits per heavy atom. The normalized spacial score (nSPS) is 12.1. The highest BCUT2D eigenvalue weighted by Crippen LogP contribution is 2.24. The number of carboxylic acids is 1. The van der Waals surface area contributed by atoms with E-state index in [1.165, 1.54) is 0 Å². The van der Waals surface area contributed by atoms with Gasteiger partial charge in [0.1, 0.15) is 5.82 Å². The van der Waals surface area contributed by atoms with Gasteiger partial charge in [-0.1, -0.05) is 56.3 Å². The van der Waals surface area contributed by atoms with Crippen molar-refractivity contribution in [3.05, 3.63) is 76.0 Å². The minimum Gasteiger partial charge on any atom is -0.478 e. The van der Waals surface area contributed by atoms with Gasteiger partial charge in [0.15, 0.2) is 0 Å². The van der Waals surface area contributed by atoms with Crippen LogP contribution in [0.2, 0.25) is 0 Å². The van der Waals surface area contributed by atoms with Crippen LogP contribution in [0.4, 0.5) is 0 Å². The molecule has 1 N–H and O–H groups in total. The summed E-state index contributed by atoms with van der Waals surface area (Å²) in [5, 5.41) is 13.9. The topological polar surface area (TPSA) is 77.1 Å². The van der Waals surface area contributed by atoms with Gasteiger partial charge in [-0.15, -0.1) is 0 Å². The Balaban J connectivity index is 1.91. The number of carbonyl (C=O) groups is 1. The predicted molar refractivity (Wildman–Crippen MR) is 109 cm³/mol. The zero-order valence-electron chi connectivity index (χ0n) is 16.4. The Labute approximate surface area is 164 Å². The number of aromatic carboxylic acids is 1. The monoisotopic (exact) mass is 379 g/mol. The van der Waals surface area contributed by atoms with Crippen LogP contribution in [0.25, 0.3) is 11.1 Å². The molecule has 0 aliphatic heterocycles. The Hall–Kier alpha value is -3.15. The quantitative estimate of drug-likeness (QED) is 0.673. The fraction of sp³-hybridized carbons (Fsp3) is 0.318. The molecule has 0 spiro atoms. The first-order valence-electron chi connectivity index (χ1n) is 9.56. The molecule has 1 aromatic heterocycles. The van der Waals surface area contributed by atoms with E-state index >= 15 is 0 Å². The minimum atomic E-state index is -0.948. The van der Waals surface area contributed by atoms with Gasteiger partial charge in [-0.3, -0.25) is 4.57 Å². The Morgan fingerprint density at radius 3 is 2.39 bits per heavy atom. The number of carboxylic acid groups (broad SMARTS) is 1. The van der Waals surface area contributed by atoms with Crippen LogP contribution in [-0.2, 0) is 13.0 Å². The fourth-order valence-electron chi connectivity index (χ4n) is 3.23. The second kappa shape index (κ2) is 8.25. The van der Waals surface area contributed by atoms with Crippen LogP contribution in [0.3, 0.4) is 0 Å². The smallest absolute Gasteiger partial charge is 0.346 e. The molecule has 146 valence electrons. The molecule has 2 aromatic carbocycles. The van der Waals surface area contributed by atoms with E-state index in [9.17, 15) is 14.7 Å². The molecule has 0 radical (unpaired) electrons. The van der Waals surface area contributed by atoms with Crippen LogP contribution in [0.1, 0.15) is 55.0 Å². The Kier molecular flexibility index (Phi) is 5.78. The first-order valence-corrected chi connectivity index (χ1v) is 9.56. The third-order valence-electron chi connectivity index (χ3n) is 5.05. The van der Waals surface area contributed by atoms with Crippen LogP contribution in [0.15, 0.2) is 53.3 Å². The Bertz CT molecular complexity index is 1030. The van der Waals surface area contributed by atoms with Gasteiger partial charge < -0.3 is 5.11 Å². The van der Waals surface area contributed by atoms with Crippen LogP contribution >= 0.6 is 0 Å². The standard InChI is InChI=1S/C22H25N3O3/c1-4-15(3)25-22(28)24(20(5-2)23-25)14-16-10-12-17(13-11-16)18-8-6-7-9-19(18)21(26)27/h6-13,15H,4-5,14H2,1-3H3,(H,26,27). The van der Waals surface area contributed by atoms with Crippen molar-refractivity contribution >= 4 is 5.97 Å². The number of nitrogens with zero attached hydrogens (tertiary/aromatic N) is 3. The molecular formula is C22H25N3O3. The van der Waals surface area contributed by atoms with Crippen LogP contribution in [-0.4, -0.2) is 25.4 Å². The van der Waals surface area contributed by atoms with E-state index in [0.717, 1.165) is 23.4 Å². The van der Waals surface area contributed by atoms with Crippen molar-refractivity contribution in [2.75, 3.05) is 0 Å². The van der Waals surface area contributed by atoms with Crippen molar-refractivity contribution in [2.45, 2.75) is 46.2 Å². The molecule has 3 rings (SSSR count). The minimum absolute atomic E-state index is 0.0638. The van der Waals surface area contributed by atoms with Crippen molar-refractivity contribution < 1.29 is 9.90 Å². The highest BCUT2D eigenvalue weighted by molar-refractivity contribution is 5.95. The molecule has 0 saturated carbocycles. The SMILES string of the molecule is CCc1nn(C(C)CC)c(=O)n1Cc1ccc(-c2ccccc2C(=O)O)cc1. The lowest BCUT2D eigenvalue weighted by Gasteiger charge is -2.09. The summed E-state index contributed by atoms with van der Waals surface area (Å²) in [6, 6.07) is 14.7. The van der Waals surface area contributed by atoms with Gasteiger partial charge >= 0.3 is 11.7 Å². The molecule has 0 bridgehead atoms. The van der Waals surface area contributed by atoms with E-state index in [1.54, 1.807) is 27.4 Å². The van der Waals surface area contributed by atoms with E-state index in [1.807, 2.05) is 51.1 Å². The largest absolute Gasteiger partial charge is 0.478 e. The summed E-state index contributed by atoms with van der Waals surface area (Å²) in [4.78, 5) is 24.2. The molecule has 6 nitrogen and oxygen atoms in total. The summed E-state index contributed by atoms with van der Waals surface area (Å²) < 4.78 is 3.28. The summed E-state index contributed by atoms with van der Waals surface area (Å²) in [5.74, 6) is -0.179. The maximum Gasteiger partial charge on any atom is 0.346 e. The van der Waals surface area contributed by atoms with Gasteiger partial charge in [-0.05, 0) is 36.1 Å². The van der Waals surface area contributed by atoms with Crippen molar-refractivity contribution in [3.8, 4) is 11.1 Å². The number of hydrogen-bond acceptors (Lipinski definition) is 3. The third-order valence-corrected chi connectivity index (χ3v) is 5.05. The maximum atomic E-state index is 12.8. The van der Waals surface area contributed by atoms with Gasteiger partial charge in [0.05, 0.1) is 18.2 Å². The molecule has 0 aliphatic carbocycles. The number of rotatable bonds is 7. The fourth-order valence-corrected chi connectivity index (χ4v) is 3.23. The average Bonchev–Trinajstić information content (AvgIpc) is 3.03. The lowest BCUT2D eigenvalue weighted by molar-refractivity contribution is 0.0697. The second-order valence-corrected chi connectivity index (χ2v) is 6.89. The molecule has 1 unspecified atom stereocenters. The molecule has 0 aliphatic rings. The molecule has 28 heavy (non-hydrogen) atoms.